The fourth-order valence-electron chi connectivity index (χ4n) is 5.33. The molecule has 1 N–H and O–H groups in total. The SMILES string of the molecule is [C-]#[N+]c1ccc(COc2cccc(-c3ccc(Cc4nc5ccc(C(=O)O)cc5n4C[C@H]4CCCO4)c(F)c3)c2)c(F)c1. The first-order valence-electron chi connectivity index (χ1n) is 13.9. The van der Waals surface area contributed by atoms with Crippen LogP contribution in [-0.4, -0.2) is 33.3 Å². The van der Waals surface area contributed by atoms with Crippen LogP contribution in [0.1, 0.15) is 40.2 Å². The zero-order valence-corrected chi connectivity index (χ0v) is 23.1. The molecule has 1 aliphatic rings. The number of rotatable bonds is 9. The van der Waals surface area contributed by atoms with E-state index in [-0.39, 0.29) is 30.4 Å². The van der Waals surface area contributed by atoms with Crippen molar-refractivity contribution < 1.29 is 28.2 Å². The Labute approximate surface area is 246 Å². The number of halogens is 2. The van der Waals surface area contributed by atoms with Crippen LogP contribution in [0.25, 0.3) is 27.0 Å². The highest BCUT2D eigenvalue weighted by molar-refractivity contribution is 5.92. The Morgan fingerprint density at radius 3 is 2.58 bits per heavy atom. The van der Waals surface area contributed by atoms with Gasteiger partial charge in [-0.2, -0.15) is 0 Å². The van der Waals surface area contributed by atoms with E-state index >= 15 is 4.39 Å². The van der Waals surface area contributed by atoms with Crippen molar-refractivity contribution in [3.63, 3.8) is 0 Å². The standard InChI is InChI=1S/C34H27F2N3O4/c1-37-26-11-9-25(30(36)18-26)20-43-27-5-2-4-21(14-27)22-7-8-23(29(35)15-22)17-33-38-31-12-10-24(34(40)41)16-32(31)39(33)19-28-6-3-13-42-28/h2,4-5,7-12,14-16,18,28H,3,6,13,17,19-20H2,(H,40,41)/t28-/m1/s1. The predicted octanol–water partition coefficient (Wildman–Crippen LogP) is 7.58. The summed E-state index contributed by atoms with van der Waals surface area (Å²) >= 11 is 0. The van der Waals surface area contributed by atoms with Crippen LogP contribution in [-0.2, 0) is 24.3 Å². The summed E-state index contributed by atoms with van der Waals surface area (Å²) in [6.45, 7) is 8.18. The molecule has 216 valence electrons. The Morgan fingerprint density at radius 2 is 1.84 bits per heavy atom. The quantitative estimate of drug-likeness (QED) is 0.182. The molecular weight excluding hydrogens is 552 g/mol. The number of aromatic carboxylic acids is 1. The first-order valence-corrected chi connectivity index (χ1v) is 13.9. The lowest BCUT2D eigenvalue weighted by molar-refractivity contribution is 0.0697. The van der Waals surface area contributed by atoms with Gasteiger partial charge in [-0.05, 0) is 72.0 Å². The Kier molecular flexibility index (Phi) is 7.86. The number of imidazole rings is 1. The van der Waals surface area contributed by atoms with Gasteiger partial charge in [-0.25, -0.2) is 23.4 Å². The van der Waals surface area contributed by atoms with E-state index in [1.807, 2.05) is 16.7 Å². The van der Waals surface area contributed by atoms with Crippen LogP contribution in [0.2, 0.25) is 0 Å². The maximum absolute atomic E-state index is 15.5. The van der Waals surface area contributed by atoms with Gasteiger partial charge >= 0.3 is 5.97 Å². The Morgan fingerprint density at radius 1 is 1.02 bits per heavy atom. The Balaban J connectivity index is 1.23. The number of nitrogens with zero attached hydrogens (tertiary/aromatic N) is 3. The minimum atomic E-state index is -1.02. The maximum Gasteiger partial charge on any atom is 0.335 e. The molecule has 0 amide bonds. The molecule has 4 aromatic carbocycles. The molecule has 1 aliphatic heterocycles. The van der Waals surface area contributed by atoms with Gasteiger partial charge in [-0.15, -0.1) is 0 Å². The van der Waals surface area contributed by atoms with Crippen molar-refractivity contribution in [2.75, 3.05) is 6.61 Å². The van der Waals surface area contributed by atoms with Crippen LogP contribution in [0.5, 0.6) is 5.75 Å². The van der Waals surface area contributed by atoms with Gasteiger partial charge in [0.15, 0.2) is 5.69 Å². The second kappa shape index (κ2) is 12.0. The van der Waals surface area contributed by atoms with Crippen LogP contribution < -0.4 is 4.74 Å². The molecule has 1 fully saturated rings. The van der Waals surface area contributed by atoms with E-state index in [0.717, 1.165) is 18.4 Å². The number of carboxylic acid groups (broad SMARTS) is 1. The van der Waals surface area contributed by atoms with Crippen LogP contribution in [0.3, 0.4) is 0 Å². The zero-order valence-electron chi connectivity index (χ0n) is 23.1. The third kappa shape index (κ3) is 6.10. The van der Waals surface area contributed by atoms with Crippen LogP contribution in [0.15, 0.2) is 78.9 Å². The van der Waals surface area contributed by atoms with Crippen molar-refractivity contribution in [1.29, 1.82) is 0 Å². The minimum absolute atomic E-state index is 0.0122. The number of carbonyl (C=O) groups is 1. The third-order valence-electron chi connectivity index (χ3n) is 7.61. The van der Waals surface area contributed by atoms with E-state index in [2.05, 4.69) is 4.85 Å². The first kappa shape index (κ1) is 28.1. The molecule has 5 aromatic rings. The molecule has 0 saturated carbocycles. The van der Waals surface area contributed by atoms with Crippen molar-refractivity contribution in [3.8, 4) is 16.9 Å². The summed E-state index contributed by atoms with van der Waals surface area (Å²) in [4.78, 5) is 19.6. The van der Waals surface area contributed by atoms with Crippen molar-refractivity contribution >= 4 is 22.7 Å². The van der Waals surface area contributed by atoms with Crippen molar-refractivity contribution in [3.05, 3.63) is 124 Å². The highest BCUT2D eigenvalue weighted by atomic mass is 19.1. The molecule has 7 nitrogen and oxygen atoms in total. The second-order valence-corrected chi connectivity index (χ2v) is 10.5. The number of ether oxygens (including phenoxy) is 2. The lowest BCUT2D eigenvalue weighted by Crippen LogP contribution is -2.17. The number of aromatic nitrogens is 2. The summed E-state index contributed by atoms with van der Waals surface area (Å²) in [6.07, 6.45) is 2.06. The molecular formula is C34H27F2N3O4. The molecule has 0 unspecified atom stereocenters. The normalized spacial score (nSPS) is 14.6. The topological polar surface area (TPSA) is 77.9 Å². The number of hydrogen-bond donors (Lipinski definition) is 1. The summed E-state index contributed by atoms with van der Waals surface area (Å²) in [5.74, 6) is -0.792. The molecule has 1 atom stereocenters. The van der Waals surface area contributed by atoms with Gasteiger partial charge in [-0.1, -0.05) is 36.4 Å². The van der Waals surface area contributed by atoms with E-state index in [0.29, 0.717) is 52.4 Å². The van der Waals surface area contributed by atoms with Gasteiger partial charge < -0.3 is 19.1 Å². The summed E-state index contributed by atoms with van der Waals surface area (Å²) in [5.41, 5.74) is 3.89. The second-order valence-electron chi connectivity index (χ2n) is 10.5. The fraction of sp³-hybridized carbons (Fsp3) is 0.206. The Bertz CT molecular complexity index is 1870. The van der Waals surface area contributed by atoms with Crippen molar-refractivity contribution in [1.82, 2.24) is 9.55 Å². The number of hydrogen-bond acceptors (Lipinski definition) is 4. The number of benzene rings is 4. The van der Waals surface area contributed by atoms with Gasteiger partial charge in [-0.3, -0.25) is 0 Å². The molecule has 0 bridgehead atoms. The van der Waals surface area contributed by atoms with Gasteiger partial charge in [0.1, 0.15) is 29.8 Å². The zero-order chi connectivity index (χ0) is 29.9. The lowest BCUT2D eigenvalue weighted by Gasteiger charge is -2.15. The van der Waals surface area contributed by atoms with Gasteiger partial charge in [0, 0.05) is 18.6 Å². The van der Waals surface area contributed by atoms with Crippen LogP contribution in [0, 0.1) is 18.2 Å². The van der Waals surface area contributed by atoms with E-state index in [1.165, 1.54) is 24.3 Å². The molecule has 1 saturated heterocycles. The molecule has 6 rings (SSSR count). The molecule has 2 heterocycles. The first-order chi connectivity index (χ1) is 20.9. The summed E-state index contributed by atoms with van der Waals surface area (Å²) in [5, 5.41) is 9.51. The van der Waals surface area contributed by atoms with E-state index in [4.69, 9.17) is 21.0 Å². The van der Waals surface area contributed by atoms with Gasteiger partial charge in [0.2, 0.25) is 0 Å². The minimum Gasteiger partial charge on any atom is -0.489 e. The summed E-state index contributed by atoms with van der Waals surface area (Å²) < 4.78 is 43.4. The van der Waals surface area contributed by atoms with E-state index in [1.54, 1.807) is 42.5 Å². The summed E-state index contributed by atoms with van der Waals surface area (Å²) in [6, 6.07) is 21.2. The fourth-order valence-corrected chi connectivity index (χ4v) is 5.33. The molecule has 0 aliphatic carbocycles. The van der Waals surface area contributed by atoms with Crippen molar-refractivity contribution in [2.24, 2.45) is 0 Å². The predicted molar refractivity (Wildman–Crippen MR) is 157 cm³/mol. The molecule has 43 heavy (non-hydrogen) atoms. The largest absolute Gasteiger partial charge is 0.489 e. The highest BCUT2D eigenvalue weighted by Gasteiger charge is 2.21. The van der Waals surface area contributed by atoms with Crippen LogP contribution >= 0.6 is 0 Å². The average molecular weight is 580 g/mol. The average Bonchev–Trinajstić information content (AvgIpc) is 3.65. The van der Waals surface area contributed by atoms with Gasteiger partial charge in [0.05, 0.1) is 35.8 Å². The van der Waals surface area contributed by atoms with E-state index in [9.17, 15) is 14.3 Å². The molecule has 0 spiro atoms. The molecule has 9 heteroatoms. The monoisotopic (exact) mass is 579 g/mol. The Hall–Kier alpha value is -5.07. The van der Waals surface area contributed by atoms with Crippen molar-refractivity contribution in [2.45, 2.75) is 38.5 Å². The summed E-state index contributed by atoms with van der Waals surface area (Å²) in [7, 11) is 0. The smallest absolute Gasteiger partial charge is 0.335 e. The van der Waals surface area contributed by atoms with Gasteiger partial charge in [0.25, 0.3) is 0 Å². The van der Waals surface area contributed by atoms with E-state index < -0.39 is 17.6 Å². The third-order valence-corrected chi connectivity index (χ3v) is 7.61. The highest BCUT2D eigenvalue weighted by Crippen LogP contribution is 2.29. The number of fused-ring (bicyclic) bond motifs is 1. The van der Waals surface area contributed by atoms with Crippen LogP contribution in [0.4, 0.5) is 14.5 Å². The number of carboxylic acids is 1. The molecule has 0 radical (unpaired) electrons. The molecule has 1 aromatic heterocycles. The lowest BCUT2D eigenvalue weighted by atomic mass is 10.0. The maximum atomic E-state index is 15.5.